The summed E-state index contributed by atoms with van der Waals surface area (Å²) in [5.41, 5.74) is 1.43. The number of hydrogen-bond acceptors (Lipinski definition) is 4. The predicted molar refractivity (Wildman–Crippen MR) is 88.6 cm³/mol. The van der Waals surface area contributed by atoms with E-state index in [0.29, 0.717) is 35.7 Å². The van der Waals surface area contributed by atoms with Gasteiger partial charge in [-0.15, -0.1) is 0 Å². The molecule has 0 N–H and O–H groups in total. The van der Waals surface area contributed by atoms with E-state index in [4.69, 9.17) is 4.52 Å². The Morgan fingerprint density at radius 3 is 2.56 bits per heavy atom. The Morgan fingerprint density at radius 2 is 1.93 bits per heavy atom. The monoisotopic (exact) mass is 376 g/mol. The van der Waals surface area contributed by atoms with Crippen LogP contribution in [0.2, 0.25) is 0 Å². The van der Waals surface area contributed by atoms with Crippen molar-refractivity contribution >= 4 is 5.91 Å². The van der Waals surface area contributed by atoms with Crippen LogP contribution in [0.1, 0.15) is 27.4 Å². The molecule has 27 heavy (non-hydrogen) atoms. The first-order valence-corrected chi connectivity index (χ1v) is 8.27. The maximum Gasteiger partial charge on any atom is 0.416 e. The highest BCUT2D eigenvalue weighted by molar-refractivity contribution is 5.92. The summed E-state index contributed by atoms with van der Waals surface area (Å²) in [6.07, 6.45) is -2.35. The standard InChI is InChI=1S/C18H15F3N4O2/c1-24-14(6-8-22-24)17(26)25-9-7-15-13(10-25)16(23-27-15)11-2-4-12(5-3-11)18(19,20)21/h2-6,8H,7,9-10H2,1H3. The van der Waals surface area contributed by atoms with Crippen molar-refractivity contribution in [2.24, 2.45) is 7.05 Å². The second kappa shape index (κ2) is 6.26. The molecule has 9 heteroatoms. The Balaban J connectivity index is 1.62. The summed E-state index contributed by atoms with van der Waals surface area (Å²) in [6, 6.07) is 6.39. The van der Waals surface area contributed by atoms with Crippen molar-refractivity contribution in [3.8, 4) is 11.3 Å². The molecule has 0 saturated carbocycles. The molecule has 1 aromatic carbocycles. The number of carbonyl (C=O) groups is 1. The molecule has 1 amide bonds. The molecule has 1 aliphatic rings. The van der Waals surface area contributed by atoms with Gasteiger partial charge in [0.1, 0.15) is 17.1 Å². The molecule has 4 rings (SSSR count). The minimum absolute atomic E-state index is 0.166. The number of nitrogens with zero attached hydrogens (tertiary/aromatic N) is 4. The van der Waals surface area contributed by atoms with Crippen LogP contribution in [-0.4, -0.2) is 32.3 Å². The summed E-state index contributed by atoms with van der Waals surface area (Å²) < 4.78 is 45.1. The van der Waals surface area contributed by atoms with E-state index in [-0.39, 0.29) is 12.5 Å². The highest BCUT2D eigenvalue weighted by Crippen LogP contribution is 2.34. The van der Waals surface area contributed by atoms with Crippen molar-refractivity contribution in [2.45, 2.75) is 19.1 Å². The van der Waals surface area contributed by atoms with Gasteiger partial charge in [-0.1, -0.05) is 17.3 Å². The number of halogens is 3. The van der Waals surface area contributed by atoms with Crippen LogP contribution >= 0.6 is 0 Å². The van der Waals surface area contributed by atoms with Crippen molar-refractivity contribution in [2.75, 3.05) is 6.54 Å². The summed E-state index contributed by atoms with van der Waals surface area (Å²) in [7, 11) is 1.69. The second-order valence-corrected chi connectivity index (χ2v) is 6.32. The van der Waals surface area contributed by atoms with Crippen LogP contribution in [0, 0.1) is 0 Å². The van der Waals surface area contributed by atoms with E-state index in [9.17, 15) is 18.0 Å². The van der Waals surface area contributed by atoms with Gasteiger partial charge in [0.05, 0.1) is 12.1 Å². The minimum Gasteiger partial charge on any atom is -0.360 e. The summed E-state index contributed by atoms with van der Waals surface area (Å²) in [5, 5.41) is 8.03. The van der Waals surface area contributed by atoms with Gasteiger partial charge in [-0.25, -0.2) is 0 Å². The molecule has 1 aliphatic heterocycles. The molecule has 0 spiro atoms. The van der Waals surface area contributed by atoms with E-state index in [1.807, 2.05) is 0 Å². The van der Waals surface area contributed by atoms with Crippen molar-refractivity contribution in [1.82, 2.24) is 19.8 Å². The number of rotatable bonds is 2. The largest absolute Gasteiger partial charge is 0.416 e. The van der Waals surface area contributed by atoms with Gasteiger partial charge >= 0.3 is 6.18 Å². The van der Waals surface area contributed by atoms with Gasteiger partial charge in [0.15, 0.2) is 0 Å². The van der Waals surface area contributed by atoms with Crippen molar-refractivity contribution in [1.29, 1.82) is 0 Å². The lowest BCUT2D eigenvalue weighted by Crippen LogP contribution is -2.36. The Morgan fingerprint density at radius 1 is 1.19 bits per heavy atom. The molecular formula is C18H15F3N4O2. The van der Waals surface area contributed by atoms with Crippen molar-refractivity contribution in [3.05, 3.63) is 59.1 Å². The number of fused-ring (bicyclic) bond motifs is 1. The van der Waals surface area contributed by atoms with Gasteiger partial charge in [-0.3, -0.25) is 9.48 Å². The number of benzene rings is 1. The van der Waals surface area contributed by atoms with Gasteiger partial charge in [-0.2, -0.15) is 18.3 Å². The molecule has 0 bridgehead atoms. The molecule has 140 valence electrons. The van der Waals surface area contributed by atoms with Gasteiger partial charge in [0.25, 0.3) is 5.91 Å². The SMILES string of the molecule is Cn1nccc1C(=O)N1CCc2onc(-c3ccc(C(F)(F)F)cc3)c2C1. The van der Waals surface area contributed by atoms with Crippen LogP contribution in [0.3, 0.4) is 0 Å². The first-order valence-electron chi connectivity index (χ1n) is 8.27. The lowest BCUT2D eigenvalue weighted by Gasteiger charge is -2.26. The maximum absolute atomic E-state index is 12.8. The van der Waals surface area contributed by atoms with Crippen LogP contribution < -0.4 is 0 Å². The molecule has 6 nitrogen and oxygen atoms in total. The topological polar surface area (TPSA) is 64.2 Å². The van der Waals surface area contributed by atoms with Gasteiger partial charge in [-0.05, 0) is 18.2 Å². The van der Waals surface area contributed by atoms with E-state index in [2.05, 4.69) is 10.3 Å². The third-order valence-electron chi connectivity index (χ3n) is 4.64. The van der Waals surface area contributed by atoms with Gasteiger partial charge in [0.2, 0.25) is 0 Å². The minimum atomic E-state index is -4.39. The summed E-state index contributed by atoms with van der Waals surface area (Å²) in [4.78, 5) is 14.4. The molecule has 0 fully saturated rings. The number of aromatic nitrogens is 3. The number of hydrogen-bond donors (Lipinski definition) is 0. The van der Waals surface area contributed by atoms with E-state index >= 15 is 0 Å². The zero-order valence-corrected chi connectivity index (χ0v) is 14.3. The van der Waals surface area contributed by atoms with E-state index < -0.39 is 11.7 Å². The second-order valence-electron chi connectivity index (χ2n) is 6.32. The molecule has 0 atom stereocenters. The Hall–Kier alpha value is -3.10. The van der Waals surface area contributed by atoms with Crippen molar-refractivity contribution < 1.29 is 22.5 Å². The summed E-state index contributed by atoms with van der Waals surface area (Å²) in [5.74, 6) is 0.485. The smallest absolute Gasteiger partial charge is 0.360 e. The number of aryl methyl sites for hydroxylation is 1. The first-order chi connectivity index (χ1) is 12.8. The fraction of sp³-hybridized carbons (Fsp3) is 0.278. The Labute approximate surface area is 152 Å². The Bertz CT molecular complexity index is 989. The highest BCUT2D eigenvalue weighted by atomic mass is 19.4. The van der Waals surface area contributed by atoms with Crippen molar-refractivity contribution in [3.63, 3.8) is 0 Å². The molecule has 2 aromatic heterocycles. The normalized spacial score (nSPS) is 14.3. The predicted octanol–water partition coefficient (Wildman–Crippen LogP) is 3.29. The quantitative estimate of drug-likeness (QED) is 0.689. The fourth-order valence-corrected chi connectivity index (χ4v) is 3.17. The number of amides is 1. The first kappa shape index (κ1) is 17.3. The van der Waals surface area contributed by atoms with Crippen LogP contribution in [0.4, 0.5) is 13.2 Å². The third kappa shape index (κ3) is 3.09. The molecule has 0 radical (unpaired) electrons. The van der Waals surface area contributed by atoms with Crippen LogP contribution in [0.5, 0.6) is 0 Å². The number of alkyl halides is 3. The van der Waals surface area contributed by atoms with Crippen LogP contribution in [-0.2, 0) is 26.2 Å². The molecule has 0 saturated heterocycles. The third-order valence-corrected chi connectivity index (χ3v) is 4.64. The van der Waals surface area contributed by atoms with Crippen LogP contribution in [0.15, 0.2) is 41.1 Å². The fourth-order valence-electron chi connectivity index (χ4n) is 3.17. The lowest BCUT2D eigenvalue weighted by atomic mass is 10.0. The number of carbonyl (C=O) groups excluding carboxylic acids is 1. The molecule has 0 unspecified atom stereocenters. The molecule has 0 aliphatic carbocycles. The molecule has 3 heterocycles. The Kier molecular flexibility index (Phi) is 4.01. The van der Waals surface area contributed by atoms with Gasteiger partial charge < -0.3 is 9.42 Å². The van der Waals surface area contributed by atoms with Crippen LogP contribution in [0.25, 0.3) is 11.3 Å². The zero-order valence-electron chi connectivity index (χ0n) is 14.3. The maximum atomic E-state index is 12.8. The molecule has 3 aromatic rings. The average molecular weight is 376 g/mol. The molecular weight excluding hydrogens is 361 g/mol. The van der Waals surface area contributed by atoms with E-state index in [1.165, 1.54) is 16.8 Å². The summed E-state index contributed by atoms with van der Waals surface area (Å²) in [6.45, 7) is 0.748. The summed E-state index contributed by atoms with van der Waals surface area (Å²) >= 11 is 0. The highest BCUT2D eigenvalue weighted by Gasteiger charge is 2.31. The van der Waals surface area contributed by atoms with Gasteiger partial charge in [0, 0.05) is 37.3 Å². The zero-order chi connectivity index (χ0) is 19.2. The van der Waals surface area contributed by atoms with E-state index in [0.717, 1.165) is 17.7 Å². The lowest BCUT2D eigenvalue weighted by molar-refractivity contribution is -0.137. The average Bonchev–Trinajstić information content (AvgIpc) is 3.26. The van der Waals surface area contributed by atoms with E-state index in [1.54, 1.807) is 24.2 Å².